The summed E-state index contributed by atoms with van der Waals surface area (Å²) in [6, 6.07) is 26.5. The van der Waals surface area contributed by atoms with Crippen molar-refractivity contribution < 1.29 is 9.53 Å². The van der Waals surface area contributed by atoms with Crippen molar-refractivity contribution in [1.82, 2.24) is 5.32 Å². The predicted octanol–water partition coefficient (Wildman–Crippen LogP) is 4.86. The largest absolute Gasteiger partial charge is 0.497 e. The number of ether oxygens (including phenoxy) is 1. The standard InChI is InChI=1S/C24H21NO2/c1-27-22-12-11-19-13-17(9-10-20(19)14-22)16-25-24(26)15-21-7-4-6-18-5-2-3-8-23(18)21/h2-14H,15-16H2,1H3,(H,25,26). The Hall–Kier alpha value is -3.33. The van der Waals surface area contributed by atoms with Crippen LogP contribution in [0.3, 0.4) is 0 Å². The highest BCUT2D eigenvalue weighted by Crippen LogP contribution is 2.22. The first-order chi connectivity index (χ1) is 13.2. The number of amides is 1. The summed E-state index contributed by atoms with van der Waals surface area (Å²) < 4.78 is 5.26. The number of fused-ring (bicyclic) bond motifs is 2. The van der Waals surface area contributed by atoms with Crippen LogP contribution >= 0.6 is 0 Å². The molecule has 27 heavy (non-hydrogen) atoms. The summed E-state index contributed by atoms with van der Waals surface area (Å²) in [5.74, 6) is 0.875. The summed E-state index contributed by atoms with van der Waals surface area (Å²) in [6.07, 6.45) is 0.381. The first-order valence-electron chi connectivity index (χ1n) is 9.03. The van der Waals surface area contributed by atoms with Crippen molar-refractivity contribution in [2.24, 2.45) is 0 Å². The lowest BCUT2D eigenvalue weighted by atomic mass is 10.0. The number of hydrogen-bond acceptors (Lipinski definition) is 2. The van der Waals surface area contributed by atoms with Gasteiger partial charge in [0.1, 0.15) is 5.75 Å². The Kier molecular flexibility index (Phi) is 4.75. The molecule has 134 valence electrons. The van der Waals surface area contributed by atoms with Crippen LogP contribution in [-0.2, 0) is 17.8 Å². The first-order valence-corrected chi connectivity index (χ1v) is 9.03. The van der Waals surface area contributed by atoms with Gasteiger partial charge in [-0.25, -0.2) is 0 Å². The van der Waals surface area contributed by atoms with E-state index in [1.807, 2.05) is 48.5 Å². The number of rotatable bonds is 5. The molecular formula is C24H21NO2. The molecule has 0 fully saturated rings. The van der Waals surface area contributed by atoms with Crippen molar-refractivity contribution in [3.05, 3.63) is 90.0 Å². The molecule has 0 aliphatic heterocycles. The lowest BCUT2D eigenvalue weighted by Crippen LogP contribution is -2.24. The number of carbonyl (C=O) groups is 1. The Labute approximate surface area is 158 Å². The van der Waals surface area contributed by atoms with Gasteiger partial charge in [0, 0.05) is 6.54 Å². The molecule has 0 aliphatic carbocycles. The van der Waals surface area contributed by atoms with E-state index in [9.17, 15) is 4.79 Å². The van der Waals surface area contributed by atoms with E-state index in [-0.39, 0.29) is 5.91 Å². The van der Waals surface area contributed by atoms with E-state index in [1.54, 1.807) is 7.11 Å². The van der Waals surface area contributed by atoms with E-state index in [0.717, 1.165) is 38.4 Å². The second-order valence-electron chi connectivity index (χ2n) is 6.64. The Bertz CT molecular complexity index is 1110. The Balaban J connectivity index is 1.45. The third-order valence-corrected chi connectivity index (χ3v) is 4.83. The molecule has 0 heterocycles. The SMILES string of the molecule is COc1ccc2cc(CNC(=O)Cc3cccc4ccccc34)ccc2c1. The topological polar surface area (TPSA) is 38.3 Å². The molecule has 0 bridgehead atoms. The highest BCUT2D eigenvalue weighted by Gasteiger charge is 2.07. The maximum atomic E-state index is 12.4. The molecule has 0 radical (unpaired) electrons. The molecule has 0 aromatic heterocycles. The minimum atomic E-state index is 0.0289. The van der Waals surface area contributed by atoms with Gasteiger partial charge in [-0.15, -0.1) is 0 Å². The van der Waals surface area contributed by atoms with Crippen LogP contribution in [-0.4, -0.2) is 13.0 Å². The lowest BCUT2D eigenvalue weighted by Gasteiger charge is -2.09. The van der Waals surface area contributed by atoms with Crippen molar-refractivity contribution in [2.75, 3.05) is 7.11 Å². The molecule has 4 aromatic rings. The number of hydrogen-bond donors (Lipinski definition) is 1. The maximum Gasteiger partial charge on any atom is 0.224 e. The number of methoxy groups -OCH3 is 1. The Morgan fingerprint density at radius 2 is 1.63 bits per heavy atom. The third-order valence-electron chi connectivity index (χ3n) is 4.83. The molecule has 0 saturated heterocycles. The van der Waals surface area contributed by atoms with Gasteiger partial charge in [-0.2, -0.15) is 0 Å². The molecule has 0 atom stereocenters. The fourth-order valence-electron chi connectivity index (χ4n) is 3.39. The molecule has 0 spiro atoms. The monoisotopic (exact) mass is 355 g/mol. The Morgan fingerprint density at radius 3 is 2.52 bits per heavy atom. The van der Waals surface area contributed by atoms with E-state index >= 15 is 0 Å². The molecular weight excluding hydrogens is 334 g/mol. The predicted molar refractivity (Wildman–Crippen MR) is 110 cm³/mol. The van der Waals surface area contributed by atoms with Gasteiger partial charge in [0.05, 0.1) is 13.5 Å². The molecule has 1 amide bonds. The maximum absolute atomic E-state index is 12.4. The minimum Gasteiger partial charge on any atom is -0.497 e. The molecule has 1 N–H and O–H groups in total. The number of benzene rings is 4. The van der Waals surface area contributed by atoms with Gasteiger partial charge in [0.25, 0.3) is 0 Å². The first kappa shape index (κ1) is 17.1. The zero-order chi connectivity index (χ0) is 18.6. The molecule has 4 aromatic carbocycles. The highest BCUT2D eigenvalue weighted by molar-refractivity contribution is 5.90. The number of carbonyl (C=O) groups excluding carboxylic acids is 1. The summed E-state index contributed by atoms with van der Waals surface area (Å²) in [4.78, 5) is 12.4. The van der Waals surface area contributed by atoms with Gasteiger partial charge in [-0.1, -0.05) is 60.7 Å². The third kappa shape index (κ3) is 3.77. The van der Waals surface area contributed by atoms with Gasteiger partial charge in [-0.3, -0.25) is 4.79 Å². The Morgan fingerprint density at radius 1 is 0.852 bits per heavy atom. The normalized spacial score (nSPS) is 10.9. The van der Waals surface area contributed by atoms with E-state index < -0.39 is 0 Å². The smallest absolute Gasteiger partial charge is 0.224 e. The zero-order valence-electron chi connectivity index (χ0n) is 15.2. The average molecular weight is 355 g/mol. The minimum absolute atomic E-state index is 0.0289. The summed E-state index contributed by atoms with van der Waals surface area (Å²) in [7, 11) is 1.67. The quantitative estimate of drug-likeness (QED) is 0.555. The van der Waals surface area contributed by atoms with Gasteiger partial charge >= 0.3 is 0 Å². The van der Waals surface area contributed by atoms with Gasteiger partial charge in [0.15, 0.2) is 0 Å². The molecule has 0 saturated carbocycles. The summed E-state index contributed by atoms with van der Waals surface area (Å²) in [6.45, 7) is 0.519. The van der Waals surface area contributed by atoms with Crippen molar-refractivity contribution in [2.45, 2.75) is 13.0 Å². The fraction of sp³-hybridized carbons (Fsp3) is 0.125. The summed E-state index contributed by atoms with van der Waals surface area (Å²) in [5.41, 5.74) is 2.13. The van der Waals surface area contributed by atoms with E-state index in [0.29, 0.717) is 13.0 Å². The van der Waals surface area contributed by atoms with Crippen molar-refractivity contribution in [3.63, 3.8) is 0 Å². The molecule has 3 nitrogen and oxygen atoms in total. The molecule has 0 unspecified atom stereocenters. The molecule has 4 rings (SSSR count). The highest BCUT2D eigenvalue weighted by atomic mass is 16.5. The van der Waals surface area contributed by atoms with Crippen LogP contribution in [0, 0.1) is 0 Å². The second kappa shape index (κ2) is 7.50. The van der Waals surface area contributed by atoms with Crippen LogP contribution in [0.1, 0.15) is 11.1 Å². The van der Waals surface area contributed by atoms with E-state index in [2.05, 4.69) is 35.6 Å². The zero-order valence-corrected chi connectivity index (χ0v) is 15.2. The second-order valence-corrected chi connectivity index (χ2v) is 6.64. The van der Waals surface area contributed by atoms with Crippen LogP contribution in [0.2, 0.25) is 0 Å². The van der Waals surface area contributed by atoms with Gasteiger partial charge < -0.3 is 10.1 Å². The van der Waals surface area contributed by atoms with Crippen LogP contribution in [0.15, 0.2) is 78.9 Å². The van der Waals surface area contributed by atoms with Crippen LogP contribution in [0.4, 0.5) is 0 Å². The lowest BCUT2D eigenvalue weighted by molar-refractivity contribution is -0.120. The summed E-state index contributed by atoms with van der Waals surface area (Å²) >= 11 is 0. The van der Waals surface area contributed by atoms with E-state index in [1.165, 1.54) is 0 Å². The van der Waals surface area contributed by atoms with Crippen LogP contribution in [0.5, 0.6) is 5.75 Å². The van der Waals surface area contributed by atoms with Gasteiger partial charge in [-0.05, 0) is 50.9 Å². The van der Waals surface area contributed by atoms with Gasteiger partial charge in [0.2, 0.25) is 5.91 Å². The van der Waals surface area contributed by atoms with Crippen molar-refractivity contribution in [3.8, 4) is 5.75 Å². The number of nitrogens with one attached hydrogen (secondary N) is 1. The van der Waals surface area contributed by atoms with Crippen LogP contribution in [0.25, 0.3) is 21.5 Å². The average Bonchev–Trinajstić information content (AvgIpc) is 2.72. The van der Waals surface area contributed by atoms with Crippen LogP contribution < -0.4 is 10.1 Å². The van der Waals surface area contributed by atoms with Crippen molar-refractivity contribution >= 4 is 27.5 Å². The molecule has 0 aliphatic rings. The summed E-state index contributed by atoms with van der Waals surface area (Å²) in [5, 5.41) is 7.59. The van der Waals surface area contributed by atoms with Crippen molar-refractivity contribution in [1.29, 1.82) is 0 Å². The molecule has 3 heteroatoms. The van der Waals surface area contributed by atoms with E-state index in [4.69, 9.17) is 4.74 Å². The fourth-order valence-corrected chi connectivity index (χ4v) is 3.39.